The third-order valence-corrected chi connectivity index (χ3v) is 3.42. The monoisotopic (exact) mass is 343 g/mol. The van der Waals surface area contributed by atoms with Crippen LogP contribution in [0.15, 0.2) is 54.6 Å². The van der Waals surface area contributed by atoms with Gasteiger partial charge < -0.3 is 15.2 Å². The third-order valence-electron chi connectivity index (χ3n) is 3.32. The number of rotatable bonds is 7. The molecule has 0 radical (unpaired) electrons. The van der Waals surface area contributed by atoms with Gasteiger partial charge in [0.25, 0.3) is 0 Å². The summed E-state index contributed by atoms with van der Waals surface area (Å²) in [5, 5.41) is 0.163. The largest absolute Gasteiger partial charge is 0.496 e. The number of methoxy groups -OCH3 is 1. The molecule has 0 atom stereocenters. The maximum absolute atomic E-state index is 5.82. The maximum atomic E-state index is 5.82. The minimum absolute atomic E-state index is 0.163. The zero-order valence-electron chi connectivity index (χ0n) is 13.7. The minimum Gasteiger partial charge on any atom is -0.496 e. The Bertz CT molecular complexity index is 717. The molecule has 0 amide bonds. The zero-order chi connectivity index (χ0) is 17.4. The molecule has 24 heavy (non-hydrogen) atoms. The molecule has 0 saturated heterocycles. The predicted molar refractivity (Wildman–Crippen MR) is 100 cm³/mol. The molecular formula is C18H21N3O2S. The van der Waals surface area contributed by atoms with Crippen LogP contribution in [-0.2, 0) is 6.61 Å². The molecule has 6 heteroatoms. The van der Waals surface area contributed by atoms with Crippen molar-refractivity contribution in [1.82, 2.24) is 10.9 Å². The number of thiocarbonyl (C=S) groups is 1. The first-order valence-corrected chi connectivity index (χ1v) is 7.87. The first-order chi connectivity index (χ1) is 11.6. The van der Waals surface area contributed by atoms with E-state index in [0.29, 0.717) is 12.4 Å². The summed E-state index contributed by atoms with van der Waals surface area (Å²) in [6.07, 6.45) is 1.90. The van der Waals surface area contributed by atoms with Crippen LogP contribution in [0.25, 0.3) is 5.70 Å². The highest BCUT2D eigenvalue weighted by Gasteiger charge is 2.10. The van der Waals surface area contributed by atoms with Crippen molar-refractivity contribution < 1.29 is 9.47 Å². The first kappa shape index (κ1) is 17.6. The number of benzene rings is 2. The van der Waals surface area contributed by atoms with Crippen LogP contribution in [0.1, 0.15) is 18.1 Å². The highest BCUT2D eigenvalue weighted by Crippen LogP contribution is 2.29. The smallest absolute Gasteiger partial charge is 0.182 e. The van der Waals surface area contributed by atoms with Crippen LogP contribution in [0.4, 0.5) is 0 Å². The molecule has 126 valence electrons. The summed E-state index contributed by atoms with van der Waals surface area (Å²) in [5.41, 5.74) is 13.9. The van der Waals surface area contributed by atoms with Gasteiger partial charge in [0.15, 0.2) is 5.11 Å². The van der Waals surface area contributed by atoms with E-state index in [1.165, 1.54) is 0 Å². The van der Waals surface area contributed by atoms with Gasteiger partial charge >= 0.3 is 0 Å². The van der Waals surface area contributed by atoms with Gasteiger partial charge in [-0.25, -0.2) is 0 Å². The second-order valence-electron chi connectivity index (χ2n) is 4.95. The number of hydrogen-bond acceptors (Lipinski definition) is 4. The molecule has 0 unspecified atom stereocenters. The third kappa shape index (κ3) is 4.89. The van der Waals surface area contributed by atoms with Gasteiger partial charge in [0, 0.05) is 11.6 Å². The van der Waals surface area contributed by atoms with Crippen molar-refractivity contribution in [3.63, 3.8) is 0 Å². The van der Waals surface area contributed by atoms with Gasteiger partial charge in [-0.2, -0.15) is 0 Å². The summed E-state index contributed by atoms with van der Waals surface area (Å²) in [7, 11) is 1.62. The van der Waals surface area contributed by atoms with Crippen LogP contribution in [0.2, 0.25) is 0 Å². The van der Waals surface area contributed by atoms with E-state index in [2.05, 4.69) is 10.9 Å². The Kier molecular flexibility index (Phi) is 6.45. The van der Waals surface area contributed by atoms with E-state index in [1.807, 2.05) is 61.5 Å². The molecule has 0 spiro atoms. The minimum atomic E-state index is 0.163. The molecule has 0 aliphatic heterocycles. The van der Waals surface area contributed by atoms with Gasteiger partial charge in [0.2, 0.25) is 0 Å². The summed E-state index contributed by atoms with van der Waals surface area (Å²) in [4.78, 5) is 0. The van der Waals surface area contributed by atoms with E-state index in [1.54, 1.807) is 7.11 Å². The second-order valence-corrected chi connectivity index (χ2v) is 5.39. The molecule has 0 aromatic heterocycles. The Hall–Kier alpha value is -2.73. The molecule has 0 aliphatic carbocycles. The standard InChI is InChI=1S/C18H21N3O2S/c1-3-16(20-21-18(19)24)15-10-9-14(11-17(15)22-2)23-12-13-7-5-4-6-8-13/h3-11,20H,12H2,1-2H3,(H3,19,21,24)/b16-3+. The quantitative estimate of drug-likeness (QED) is 0.530. The molecule has 0 aliphatic rings. The van der Waals surface area contributed by atoms with Crippen LogP contribution in [0.5, 0.6) is 11.5 Å². The molecule has 0 heterocycles. The van der Waals surface area contributed by atoms with Crippen molar-refractivity contribution in [3.05, 3.63) is 65.7 Å². The molecule has 0 bridgehead atoms. The van der Waals surface area contributed by atoms with Gasteiger partial charge in [-0.3, -0.25) is 10.9 Å². The lowest BCUT2D eigenvalue weighted by Crippen LogP contribution is -2.39. The summed E-state index contributed by atoms with van der Waals surface area (Å²) in [6.45, 7) is 2.41. The van der Waals surface area contributed by atoms with Crippen LogP contribution < -0.4 is 26.1 Å². The summed E-state index contributed by atoms with van der Waals surface area (Å²) >= 11 is 4.80. The predicted octanol–water partition coefficient (Wildman–Crippen LogP) is 2.97. The Labute approximate surface area is 147 Å². The maximum Gasteiger partial charge on any atom is 0.182 e. The molecule has 2 rings (SSSR count). The van der Waals surface area contributed by atoms with Gasteiger partial charge in [-0.1, -0.05) is 36.4 Å². The number of nitrogens with two attached hydrogens (primary N) is 1. The van der Waals surface area contributed by atoms with Crippen LogP contribution >= 0.6 is 12.2 Å². The van der Waals surface area contributed by atoms with Crippen LogP contribution in [0, 0.1) is 0 Å². The molecule has 0 fully saturated rings. The fourth-order valence-electron chi connectivity index (χ4n) is 2.15. The Morgan fingerprint density at radius 3 is 2.54 bits per heavy atom. The number of allylic oxidation sites excluding steroid dienone is 1. The van der Waals surface area contributed by atoms with Crippen molar-refractivity contribution in [3.8, 4) is 11.5 Å². The number of hydrazine groups is 1. The number of ether oxygens (including phenoxy) is 2. The molecular weight excluding hydrogens is 322 g/mol. The summed E-state index contributed by atoms with van der Waals surface area (Å²) in [5.74, 6) is 1.42. The first-order valence-electron chi connectivity index (χ1n) is 7.47. The zero-order valence-corrected chi connectivity index (χ0v) is 14.5. The average Bonchev–Trinajstić information content (AvgIpc) is 2.61. The van der Waals surface area contributed by atoms with E-state index in [-0.39, 0.29) is 5.11 Å². The lowest BCUT2D eigenvalue weighted by Gasteiger charge is -2.16. The Balaban J connectivity index is 2.13. The fourth-order valence-corrected chi connectivity index (χ4v) is 2.20. The number of nitrogens with one attached hydrogen (secondary N) is 2. The van der Waals surface area contributed by atoms with Gasteiger partial charge in [0.05, 0.1) is 12.8 Å². The molecule has 2 aromatic rings. The van der Waals surface area contributed by atoms with E-state index < -0.39 is 0 Å². The Morgan fingerprint density at radius 1 is 1.17 bits per heavy atom. The van der Waals surface area contributed by atoms with Crippen molar-refractivity contribution in [1.29, 1.82) is 0 Å². The van der Waals surface area contributed by atoms with Gasteiger partial charge in [-0.15, -0.1) is 0 Å². The van der Waals surface area contributed by atoms with E-state index >= 15 is 0 Å². The normalized spacial score (nSPS) is 10.8. The molecule has 5 nitrogen and oxygen atoms in total. The van der Waals surface area contributed by atoms with Crippen molar-refractivity contribution >= 4 is 23.0 Å². The van der Waals surface area contributed by atoms with Crippen LogP contribution in [0.3, 0.4) is 0 Å². The second kappa shape index (κ2) is 8.79. The van der Waals surface area contributed by atoms with Crippen molar-refractivity contribution in [2.24, 2.45) is 5.73 Å². The Morgan fingerprint density at radius 2 is 1.92 bits per heavy atom. The molecule has 0 saturated carbocycles. The number of hydrogen-bond donors (Lipinski definition) is 3. The van der Waals surface area contributed by atoms with Crippen molar-refractivity contribution in [2.45, 2.75) is 13.5 Å². The summed E-state index contributed by atoms with van der Waals surface area (Å²) in [6, 6.07) is 15.7. The average molecular weight is 343 g/mol. The van der Waals surface area contributed by atoms with Gasteiger partial charge in [0.1, 0.15) is 18.1 Å². The lowest BCUT2D eigenvalue weighted by molar-refractivity contribution is 0.303. The highest BCUT2D eigenvalue weighted by molar-refractivity contribution is 7.80. The van der Waals surface area contributed by atoms with E-state index in [0.717, 1.165) is 22.6 Å². The van der Waals surface area contributed by atoms with Gasteiger partial charge in [-0.05, 0) is 36.8 Å². The van der Waals surface area contributed by atoms with Crippen LogP contribution in [-0.4, -0.2) is 12.2 Å². The van der Waals surface area contributed by atoms with E-state index in [4.69, 9.17) is 27.4 Å². The summed E-state index contributed by atoms with van der Waals surface area (Å²) < 4.78 is 11.3. The SMILES string of the molecule is C/C=C(/NNC(N)=S)c1ccc(OCc2ccccc2)cc1OC. The van der Waals surface area contributed by atoms with E-state index in [9.17, 15) is 0 Å². The topological polar surface area (TPSA) is 68.5 Å². The molecule has 2 aromatic carbocycles. The molecule has 4 N–H and O–H groups in total. The van der Waals surface area contributed by atoms with Crippen molar-refractivity contribution in [2.75, 3.05) is 7.11 Å². The highest BCUT2D eigenvalue weighted by atomic mass is 32.1. The fraction of sp³-hybridized carbons (Fsp3) is 0.167. The lowest BCUT2D eigenvalue weighted by atomic mass is 10.1.